The van der Waals surface area contributed by atoms with Crippen LogP contribution in [0, 0.1) is 13.8 Å². The van der Waals surface area contributed by atoms with E-state index in [0.717, 1.165) is 42.7 Å². The highest BCUT2D eigenvalue weighted by Crippen LogP contribution is 2.25. The van der Waals surface area contributed by atoms with Crippen molar-refractivity contribution in [2.75, 3.05) is 36.8 Å². The van der Waals surface area contributed by atoms with Gasteiger partial charge in [-0.25, -0.2) is 0 Å². The summed E-state index contributed by atoms with van der Waals surface area (Å²) in [5.41, 5.74) is 4.86. The first kappa shape index (κ1) is 20.4. The number of carbonyl (C=O) groups excluding carboxylic acids is 1. The first-order valence-electron chi connectivity index (χ1n) is 10.1. The van der Waals surface area contributed by atoms with Gasteiger partial charge in [0.05, 0.1) is 5.75 Å². The summed E-state index contributed by atoms with van der Waals surface area (Å²) in [7, 11) is 1.92. The van der Waals surface area contributed by atoms with Crippen molar-refractivity contribution in [2.24, 2.45) is 7.05 Å². The maximum atomic E-state index is 12.7. The van der Waals surface area contributed by atoms with E-state index in [1.807, 2.05) is 28.6 Å². The average Bonchev–Trinajstić information content (AvgIpc) is 3.15. The third-order valence-electron chi connectivity index (χ3n) is 5.65. The fourth-order valence-corrected chi connectivity index (χ4v) is 4.50. The Bertz CT molecular complexity index is 1030. The van der Waals surface area contributed by atoms with E-state index in [1.54, 1.807) is 12.4 Å². The van der Waals surface area contributed by atoms with Crippen molar-refractivity contribution in [1.29, 1.82) is 0 Å². The molecule has 0 bridgehead atoms. The second kappa shape index (κ2) is 8.87. The van der Waals surface area contributed by atoms with Gasteiger partial charge < -0.3 is 14.4 Å². The van der Waals surface area contributed by atoms with E-state index in [1.165, 1.54) is 28.6 Å². The summed E-state index contributed by atoms with van der Waals surface area (Å²) in [6, 6.07) is 10.2. The number of hydrogen-bond donors (Lipinski definition) is 0. The largest absolute Gasteiger partial charge is 0.368 e. The Hall–Kier alpha value is -2.87. The molecule has 1 saturated heterocycles. The lowest BCUT2D eigenvalue weighted by Gasteiger charge is -2.37. The number of hydrogen-bond acceptors (Lipinski definition) is 6. The van der Waals surface area contributed by atoms with Gasteiger partial charge in [-0.1, -0.05) is 23.9 Å². The third-order valence-corrected chi connectivity index (χ3v) is 6.65. The minimum atomic E-state index is 0.147. The number of thioether (sulfide) groups is 1. The lowest BCUT2D eigenvalue weighted by Crippen LogP contribution is -2.49. The zero-order chi connectivity index (χ0) is 21.1. The lowest BCUT2D eigenvalue weighted by atomic mass is 10.1. The highest BCUT2D eigenvalue weighted by molar-refractivity contribution is 7.99. The van der Waals surface area contributed by atoms with Crippen LogP contribution in [0.15, 0.2) is 47.9 Å². The van der Waals surface area contributed by atoms with Crippen LogP contribution in [0.3, 0.4) is 0 Å². The fourth-order valence-electron chi connectivity index (χ4n) is 3.69. The summed E-state index contributed by atoms with van der Waals surface area (Å²) >= 11 is 1.43. The van der Waals surface area contributed by atoms with Crippen LogP contribution in [-0.4, -0.2) is 62.5 Å². The molecule has 1 amide bonds. The highest BCUT2D eigenvalue weighted by atomic mass is 32.2. The molecule has 3 aromatic rings. The summed E-state index contributed by atoms with van der Waals surface area (Å²) in [5, 5.41) is 9.26. The number of pyridine rings is 1. The molecule has 1 fully saturated rings. The normalized spacial score (nSPS) is 14.2. The first-order valence-corrected chi connectivity index (χ1v) is 11.0. The van der Waals surface area contributed by atoms with Gasteiger partial charge in [0.25, 0.3) is 0 Å². The molecule has 7 nitrogen and oxygen atoms in total. The molecule has 1 aliphatic heterocycles. The lowest BCUT2D eigenvalue weighted by molar-refractivity contribution is -0.128. The molecule has 1 aliphatic rings. The van der Waals surface area contributed by atoms with Crippen LogP contribution in [0.5, 0.6) is 0 Å². The molecule has 2 aromatic heterocycles. The van der Waals surface area contributed by atoms with Crippen LogP contribution < -0.4 is 4.90 Å². The summed E-state index contributed by atoms with van der Waals surface area (Å²) in [4.78, 5) is 21.1. The minimum Gasteiger partial charge on any atom is -0.368 e. The van der Waals surface area contributed by atoms with Crippen molar-refractivity contribution in [3.8, 4) is 11.4 Å². The van der Waals surface area contributed by atoms with Crippen LogP contribution in [0.2, 0.25) is 0 Å². The molecule has 0 saturated carbocycles. The predicted octanol–water partition coefficient (Wildman–Crippen LogP) is 2.93. The molecule has 0 N–H and O–H groups in total. The topological polar surface area (TPSA) is 67.2 Å². The maximum Gasteiger partial charge on any atom is 0.233 e. The zero-order valence-corrected chi connectivity index (χ0v) is 18.4. The third kappa shape index (κ3) is 4.18. The van der Waals surface area contributed by atoms with E-state index in [0.29, 0.717) is 5.75 Å². The summed E-state index contributed by atoms with van der Waals surface area (Å²) in [6.07, 6.45) is 3.47. The Morgan fingerprint density at radius 2 is 1.77 bits per heavy atom. The van der Waals surface area contributed by atoms with Gasteiger partial charge in [-0.3, -0.25) is 9.78 Å². The van der Waals surface area contributed by atoms with Gasteiger partial charge in [0.2, 0.25) is 5.91 Å². The molecule has 30 heavy (non-hydrogen) atoms. The fraction of sp³-hybridized carbons (Fsp3) is 0.364. The minimum absolute atomic E-state index is 0.147. The van der Waals surface area contributed by atoms with E-state index in [2.05, 4.69) is 52.1 Å². The monoisotopic (exact) mass is 422 g/mol. The van der Waals surface area contributed by atoms with Crippen LogP contribution in [0.4, 0.5) is 5.69 Å². The van der Waals surface area contributed by atoms with E-state index in [9.17, 15) is 4.79 Å². The number of carbonyl (C=O) groups is 1. The van der Waals surface area contributed by atoms with Crippen molar-refractivity contribution >= 4 is 23.4 Å². The summed E-state index contributed by atoms with van der Waals surface area (Å²) in [6.45, 7) is 7.51. The van der Waals surface area contributed by atoms with E-state index in [-0.39, 0.29) is 5.91 Å². The Morgan fingerprint density at radius 3 is 2.50 bits per heavy atom. The van der Waals surface area contributed by atoms with Gasteiger partial charge in [0.15, 0.2) is 11.0 Å². The number of nitrogens with zero attached hydrogens (tertiary/aromatic N) is 6. The number of piperazine rings is 1. The molecule has 3 heterocycles. The molecule has 0 unspecified atom stereocenters. The SMILES string of the molecule is Cc1cccc(N2CCN(C(=O)CSc3nnc(-c4ccncc4)n3C)CC2)c1C. The Kier molecular flexibility index (Phi) is 6.03. The quantitative estimate of drug-likeness (QED) is 0.589. The Morgan fingerprint density at radius 1 is 1.03 bits per heavy atom. The molecule has 4 rings (SSSR count). The summed E-state index contributed by atoms with van der Waals surface area (Å²) in [5.74, 6) is 1.29. The maximum absolute atomic E-state index is 12.7. The molecule has 0 spiro atoms. The first-order chi connectivity index (χ1) is 14.5. The van der Waals surface area contributed by atoms with Crippen molar-refractivity contribution in [2.45, 2.75) is 19.0 Å². The van der Waals surface area contributed by atoms with Gasteiger partial charge in [-0.05, 0) is 43.2 Å². The second-order valence-corrected chi connectivity index (χ2v) is 8.42. The van der Waals surface area contributed by atoms with Gasteiger partial charge in [0, 0.05) is 56.9 Å². The number of amides is 1. The number of aromatic nitrogens is 4. The Balaban J connectivity index is 1.33. The molecule has 0 aliphatic carbocycles. The average molecular weight is 423 g/mol. The standard InChI is InChI=1S/C22H26N6OS/c1-16-5-4-6-19(17(16)2)27-11-13-28(14-12-27)20(29)15-30-22-25-24-21(26(22)3)18-7-9-23-10-8-18/h4-10H,11-15H2,1-3H3. The van der Waals surface area contributed by atoms with E-state index >= 15 is 0 Å². The predicted molar refractivity (Wildman–Crippen MR) is 120 cm³/mol. The molecule has 8 heteroatoms. The molecular formula is C22H26N6OS. The van der Waals surface area contributed by atoms with Crippen molar-refractivity contribution < 1.29 is 4.79 Å². The van der Waals surface area contributed by atoms with Gasteiger partial charge in [-0.2, -0.15) is 0 Å². The smallest absolute Gasteiger partial charge is 0.233 e. The molecule has 1 aromatic carbocycles. The zero-order valence-electron chi connectivity index (χ0n) is 17.6. The number of rotatable bonds is 5. The van der Waals surface area contributed by atoms with Crippen LogP contribution in [0.1, 0.15) is 11.1 Å². The summed E-state index contributed by atoms with van der Waals surface area (Å²) < 4.78 is 1.92. The number of aryl methyl sites for hydroxylation is 1. The molecule has 156 valence electrons. The second-order valence-electron chi connectivity index (χ2n) is 7.48. The molecule has 0 radical (unpaired) electrons. The van der Waals surface area contributed by atoms with Crippen LogP contribution >= 0.6 is 11.8 Å². The number of benzene rings is 1. The van der Waals surface area contributed by atoms with E-state index < -0.39 is 0 Å². The van der Waals surface area contributed by atoms with Gasteiger partial charge in [-0.15, -0.1) is 10.2 Å². The van der Waals surface area contributed by atoms with E-state index in [4.69, 9.17) is 0 Å². The highest BCUT2D eigenvalue weighted by Gasteiger charge is 2.23. The van der Waals surface area contributed by atoms with Crippen molar-refractivity contribution in [1.82, 2.24) is 24.6 Å². The van der Waals surface area contributed by atoms with Crippen LogP contribution in [-0.2, 0) is 11.8 Å². The molecule has 0 atom stereocenters. The number of anilines is 1. The Labute approximate surface area is 181 Å². The molecular weight excluding hydrogens is 396 g/mol. The van der Waals surface area contributed by atoms with Gasteiger partial charge in [0.1, 0.15) is 0 Å². The van der Waals surface area contributed by atoms with Crippen LogP contribution in [0.25, 0.3) is 11.4 Å². The van der Waals surface area contributed by atoms with Crippen molar-refractivity contribution in [3.05, 3.63) is 53.9 Å². The van der Waals surface area contributed by atoms with Crippen molar-refractivity contribution in [3.63, 3.8) is 0 Å². The van der Waals surface area contributed by atoms with Gasteiger partial charge >= 0.3 is 0 Å².